The Hall–Kier alpha value is -1.87. The number of aliphatic hydroxyl groups excluding tert-OH is 2. The van der Waals surface area contributed by atoms with Gasteiger partial charge in [-0.05, 0) is 6.07 Å². The van der Waals surface area contributed by atoms with Crippen molar-refractivity contribution in [3.63, 3.8) is 0 Å². The zero-order valence-corrected chi connectivity index (χ0v) is 9.55. The SMILES string of the molecule is NC(=O)CC(O)C(O)c1cc(C(F)(F)F)cnc1N. The number of carbonyl (C=O) groups is 1. The number of nitrogens with zero attached hydrogens (tertiary/aromatic N) is 1. The normalized spacial score (nSPS) is 15.0. The Balaban J connectivity index is 3.08. The number of pyridine rings is 1. The highest BCUT2D eigenvalue weighted by molar-refractivity contribution is 5.74. The molecule has 1 aromatic rings. The fraction of sp³-hybridized carbons (Fsp3) is 0.400. The lowest BCUT2D eigenvalue weighted by Gasteiger charge is -2.19. The van der Waals surface area contributed by atoms with Gasteiger partial charge in [0.2, 0.25) is 5.91 Å². The van der Waals surface area contributed by atoms with Crippen molar-refractivity contribution in [2.45, 2.75) is 24.8 Å². The van der Waals surface area contributed by atoms with Gasteiger partial charge in [-0.1, -0.05) is 0 Å². The van der Waals surface area contributed by atoms with Crippen LogP contribution in [-0.4, -0.2) is 27.2 Å². The number of anilines is 1. The molecule has 2 atom stereocenters. The average molecular weight is 279 g/mol. The summed E-state index contributed by atoms with van der Waals surface area (Å²) in [5, 5.41) is 19.1. The van der Waals surface area contributed by atoms with Gasteiger partial charge in [0.15, 0.2) is 0 Å². The summed E-state index contributed by atoms with van der Waals surface area (Å²) >= 11 is 0. The molecule has 0 spiro atoms. The third-order valence-corrected chi connectivity index (χ3v) is 2.37. The second-order valence-electron chi connectivity index (χ2n) is 3.88. The molecule has 1 amide bonds. The van der Waals surface area contributed by atoms with Crippen LogP contribution in [0.1, 0.15) is 23.7 Å². The first-order valence-electron chi connectivity index (χ1n) is 5.10. The fourth-order valence-corrected chi connectivity index (χ4v) is 1.41. The van der Waals surface area contributed by atoms with Crippen LogP contribution >= 0.6 is 0 Å². The van der Waals surface area contributed by atoms with Crippen LogP contribution in [0.4, 0.5) is 19.0 Å². The van der Waals surface area contributed by atoms with E-state index in [4.69, 9.17) is 11.5 Å². The summed E-state index contributed by atoms with van der Waals surface area (Å²) < 4.78 is 37.4. The van der Waals surface area contributed by atoms with E-state index in [-0.39, 0.29) is 5.82 Å². The first kappa shape index (κ1) is 15.2. The zero-order chi connectivity index (χ0) is 14.8. The van der Waals surface area contributed by atoms with Gasteiger partial charge < -0.3 is 21.7 Å². The standard InChI is InChI=1S/C10H12F3N3O3/c11-10(12,13)4-1-5(9(15)16-3-4)8(19)6(17)2-7(14)18/h1,3,6,8,17,19H,2H2,(H2,14,18)(H2,15,16). The molecule has 0 aromatic carbocycles. The van der Waals surface area contributed by atoms with E-state index in [1.54, 1.807) is 0 Å². The Labute approximate surface area is 105 Å². The minimum absolute atomic E-state index is 0.371. The average Bonchev–Trinajstić information content (AvgIpc) is 2.26. The van der Waals surface area contributed by atoms with E-state index in [1.165, 1.54) is 0 Å². The van der Waals surface area contributed by atoms with E-state index < -0.39 is 41.8 Å². The predicted molar refractivity (Wildman–Crippen MR) is 58.4 cm³/mol. The molecule has 1 rings (SSSR count). The Morgan fingerprint density at radius 3 is 2.47 bits per heavy atom. The maximum Gasteiger partial charge on any atom is 0.417 e. The maximum absolute atomic E-state index is 12.5. The lowest BCUT2D eigenvalue weighted by atomic mass is 10.0. The second-order valence-corrected chi connectivity index (χ2v) is 3.88. The van der Waals surface area contributed by atoms with Crippen molar-refractivity contribution < 1.29 is 28.2 Å². The zero-order valence-electron chi connectivity index (χ0n) is 9.55. The van der Waals surface area contributed by atoms with Gasteiger partial charge in [-0.3, -0.25) is 4.79 Å². The number of aromatic nitrogens is 1. The highest BCUT2D eigenvalue weighted by atomic mass is 19.4. The van der Waals surface area contributed by atoms with Crippen molar-refractivity contribution in [3.05, 3.63) is 23.4 Å². The van der Waals surface area contributed by atoms with Gasteiger partial charge in [0.25, 0.3) is 0 Å². The molecule has 0 fully saturated rings. The highest BCUT2D eigenvalue weighted by Crippen LogP contribution is 2.32. The van der Waals surface area contributed by atoms with Crippen LogP contribution in [0.3, 0.4) is 0 Å². The number of amides is 1. The number of halogens is 3. The molecule has 0 aliphatic carbocycles. The first-order valence-corrected chi connectivity index (χ1v) is 5.10. The summed E-state index contributed by atoms with van der Waals surface area (Å²) in [6.45, 7) is 0. The van der Waals surface area contributed by atoms with Gasteiger partial charge in [0, 0.05) is 11.8 Å². The quantitative estimate of drug-likeness (QED) is 0.615. The van der Waals surface area contributed by atoms with Crippen LogP contribution in [0.5, 0.6) is 0 Å². The van der Waals surface area contributed by atoms with Crippen LogP contribution in [0.25, 0.3) is 0 Å². The molecule has 1 aromatic heterocycles. The lowest BCUT2D eigenvalue weighted by Crippen LogP contribution is -2.26. The molecule has 106 valence electrons. The summed E-state index contributed by atoms with van der Waals surface area (Å²) in [5.41, 5.74) is 8.61. The highest BCUT2D eigenvalue weighted by Gasteiger charge is 2.33. The lowest BCUT2D eigenvalue weighted by molar-refractivity contribution is -0.138. The monoisotopic (exact) mass is 279 g/mol. The van der Waals surface area contributed by atoms with E-state index in [1.807, 2.05) is 0 Å². The second kappa shape index (κ2) is 5.41. The Bertz CT molecular complexity index is 479. The van der Waals surface area contributed by atoms with Crippen LogP contribution in [0, 0.1) is 0 Å². The topological polar surface area (TPSA) is 122 Å². The molecule has 6 N–H and O–H groups in total. The molecule has 1 heterocycles. The van der Waals surface area contributed by atoms with Gasteiger partial charge in [-0.15, -0.1) is 0 Å². The number of alkyl halides is 3. The molecule has 0 radical (unpaired) electrons. The number of nitrogen functional groups attached to an aromatic ring is 1. The molecule has 0 saturated carbocycles. The molecule has 19 heavy (non-hydrogen) atoms. The Morgan fingerprint density at radius 2 is 2.00 bits per heavy atom. The van der Waals surface area contributed by atoms with Crippen molar-refractivity contribution in [1.82, 2.24) is 4.98 Å². The number of primary amides is 1. The fourth-order valence-electron chi connectivity index (χ4n) is 1.41. The molecule has 0 aliphatic heterocycles. The molecule has 0 saturated heterocycles. The predicted octanol–water partition coefficient (Wildman–Crippen LogP) is -0.0477. The summed E-state index contributed by atoms with van der Waals surface area (Å²) in [6.07, 6.45) is -8.22. The van der Waals surface area contributed by atoms with Crippen LogP contribution in [0.15, 0.2) is 12.3 Å². The summed E-state index contributed by atoms with van der Waals surface area (Å²) in [4.78, 5) is 13.9. The minimum atomic E-state index is -4.66. The van der Waals surface area contributed by atoms with Gasteiger partial charge in [0.1, 0.15) is 11.9 Å². The molecule has 0 aliphatic rings. The number of nitrogens with two attached hydrogens (primary N) is 2. The van der Waals surface area contributed by atoms with Crippen molar-refractivity contribution in [2.24, 2.45) is 5.73 Å². The van der Waals surface area contributed by atoms with Crippen molar-refractivity contribution in [3.8, 4) is 0 Å². The van der Waals surface area contributed by atoms with E-state index in [2.05, 4.69) is 4.98 Å². The van der Waals surface area contributed by atoms with Gasteiger partial charge in [-0.25, -0.2) is 4.98 Å². The Morgan fingerprint density at radius 1 is 1.42 bits per heavy atom. The number of carbonyl (C=O) groups excluding carboxylic acids is 1. The summed E-state index contributed by atoms with van der Waals surface area (Å²) in [7, 11) is 0. The number of aliphatic hydroxyl groups is 2. The largest absolute Gasteiger partial charge is 0.417 e. The van der Waals surface area contributed by atoms with Crippen LogP contribution in [-0.2, 0) is 11.0 Å². The van der Waals surface area contributed by atoms with E-state index in [0.29, 0.717) is 12.3 Å². The van der Waals surface area contributed by atoms with Crippen LogP contribution in [0.2, 0.25) is 0 Å². The molecular formula is C10H12F3N3O3. The minimum Gasteiger partial charge on any atom is -0.390 e. The van der Waals surface area contributed by atoms with Crippen molar-refractivity contribution in [2.75, 3.05) is 5.73 Å². The van der Waals surface area contributed by atoms with Crippen LogP contribution < -0.4 is 11.5 Å². The first-order chi connectivity index (χ1) is 8.62. The molecule has 0 bridgehead atoms. The maximum atomic E-state index is 12.5. The van der Waals surface area contributed by atoms with Gasteiger partial charge in [-0.2, -0.15) is 13.2 Å². The number of hydrogen-bond acceptors (Lipinski definition) is 5. The van der Waals surface area contributed by atoms with E-state index in [0.717, 1.165) is 0 Å². The van der Waals surface area contributed by atoms with Gasteiger partial charge in [0.05, 0.1) is 18.1 Å². The molecule has 9 heteroatoms. The summed E-state index contributed by atoms with van der Waals surface area (Å²) in [5.74, 6) is -1.28. The van der Waals surface area contributed by atoms with Crippen molar-refractivity contribution >= 4 is 11.7 Å². The smallest absolute Gasteiger partial charge is 0.390 e. The third-order valence-electron chi connectivity index (χ3n) is 2.37. The molecule has 6 nitrogen and oxygen atoms in total. The molecule has 2 unspecified atom stereocenters. The number of rotatable bonds is 4. The summed E-state index contributed by atoms with van der Waals surface area (Å²) in [6, 6.07) is 0.567. The van der Waals surface area contributed by atoms with Crippen molar-refractivity contribution in [1.29, 1.82) is 0 Å². The third kappa shape index (κ3) is 3.80. The number of hydrogen-bond donors (Lipinski definition) is 4. The Kier molecular flexibility index (Phi) is 4.32. The van der Waals surface area contributed by atoms with E-state index >= 15 is 0 Å². The van der Waals surface area contributed by atoms with Gasteiger partial charge >= 0.3 is 6.18 Å². The molecular weight excluding hydrogens is 267 g/mol. The van der Waals surface area contributed by atoms with E-state index in [9.17, 15) is 28.2 Å².